The monoisotopic (exact) mass is 288 g/mol. The summed E-state index contributed by atoms with van der Waals surface area (Å²) in [4.78, 5) is 11.9. The van der Waals surface area contributed by atoms with Gasteiger partial charge in [-0.05, 0) is 18.4 Å². The minimum absolute atomic E-state index is 0.00435. The summed E-state index contributed by atoms with van der Waals surface area (Å²) in [7, 11) is 0.252. The number of hydrogen-bond acceptors (Lipinski definition) is 2. The van der Waals surface area contributed by atoms with E-state index in [1.54, 1.807) is 0 Å². The van der Waals surface area contributed by atoms with Gasteiger partial charge in [0.2, 0.25) is 0 Å². The number of hydrogen-bond donors (Lipinski definition) is 0. The largest absolute Gasteiger partial charge is 0.469 e. The molecule has 1 fully saturated rings. The molecule has 0 heterocycles. The summed E-state index contributed by atoms with van der Waals surface area (Å²) >= 11 is 0. The van der Waals surface area contributed by atoms with E-state index in [0.717, 1.165) is 0 Å². The van der Waals surface area contributed by atoms with Gasteiger partial charge in [-0.25, -0.2) is 0 Å². The van der Waals surface area contributed by atoms with Crippen molar-refractivity contribution < 1.29 is 9.53 Å². The predicted octanol–water partition coefficient (Wildman–Crippen LogP) is 3.93. The van der Waals surface area contributed by atoms with Crippen LogP contribution in [0.4, 0.5) is 0 Å². The summed E-state index contributed by atoms with van der Waals surface area (Å²) < 4.78 is 4.95. The van der Waals surface area contributed by atoms with E-state index in [0.29, 0.717) is 5.92 Å². The van der Waals surface area contributed by atoms with E-state index in [1.807, 2.05) is 0 Å². The summed E-state index contributed by atoms with van der Waals surface area (Å²) in [6.07, 6.45) is 2.25. The van der Waals surface area contributed by atoms with Gasteiger partial charge in [0.05, 0.1) is 21.1 Å². The molecule has 1 aliphatic rings. The SMILES string of the molecule is COC(=O)[C@@H]1[C@H](/C=C/[Si](C)(C)C)[C@H]1c1ccc(C)cc1. The number of methoxy groups -OCH3 is 1. The molecule has 1 saturated carbocycles. The molecular weight excluding hydrogens is 264 g/mol. The Morgan fingerprint density at radius 3 is 2.30 bits per heavy atom. The first kappa shape index (κ1) is 15.0. The van der Waals surface area contributed by atoms with Crippen molar-refractivity contribution in [1.82, 2.24) is 0 Å². The van der Waals surface area contributed by atoms with E-state index >= 15 is 0 Å². The third kappa shape index (κ3) is 3.40. The van der Waals surface area contributed by atoms with Gasteiger partial charge in [0.25, 0.3) is 0 Å². The number of allylic oxidation sites excluding steroid dienone is 1. The normalized spacial score (nSPS) is 25.8. The minimum atomic E-state index is -1.23. The molecule has 0 radical (unpaired) electrons. The Balaban J connectivity index is 2.20. The molecule has 0 bridgehead atoms. The lowest BCUT2D eigenvalue weighted by molar-refractivity contribution is -0.142. The molecule has 0 aromatic heterocycles. The van der Waals surface area contributed by atoms with Gasteiger partial charge in [0.15, 0.2) is 0 Å². The van der Waals surface area contributed by atoms with Crippen LogP contribution in [0, 0.1) is 18.8 Å². The fourth-order valence-electron chi connectivity index (χ4n) is 2.63. The van der Waals surface area contributed by atoms with Crippen molar-refractivity contribution in [2.24, 2.45) is 11.8 Å². The first-order valence-electron chi connectivity index (χ1n) is 7.17. The van der Waals surface area contributed by atoms with Crippen LogP contribution >= 0.6 is 0 Å². The quantitative estimate of drug-likeness (QED) is 0.620. The fraction of sp³-hybridized carbons (Fsp3) is 0.471. The fourth-order valence-corrected chi connectivity index (χ4v) is 3.43. The third-order valence-electron chi connectivity index (χ3n) is 3.83. The van der Waals surface area contributed by atoms with E-state index in [-0.39, 0.29) is 17.8 Å². The zero-order valence-corrected chi connectivity index (χ0v) is 14.0. The average Bonchev–Trinajstić information content (AvgIpc) is 3.10. The molecule has 2 rings (SSSR count). The Hall–Kier alpha value is -1.35. The van der Waals surface area contributed by atoms with E-state index in [2.05, 4.69) is 62.6 Å². The highest BCUT2D eigenvalue weighted by molar-refractivity contribution is 6.80. The average molecular weight is 288 g/mol. The predicted molar refractivity (Wildman–Crippen MR) is 85.4 cm³/mol. The lowest BCUT2D eigenvalue weighted by Gasteiger charge is -2.07. The van der Waals surface area contributed by atoms with E-state index in [1.165, 1.54) is 18.2 Å². The van der Waals surface area contributed by atoms with Crippen molar-refractivity contribution in [3.8, 4) is 0 Å². The number of ether oxygens (including phenoxy) is 1. The van der Waals surface area contributed by atoms with Crippen LogP contribution in [0.15, 0.2) is 36.0 Å². The third-order valence-corrected chi connectivity index (χ3v) is 5.02. The molecule has 0 amide bonds. The Bertz CT molecular complexity index is 511. The van der Waals surface area contributed by atoms with Crippen LogP contribution in [0.5, 0.6) is 0 Å². The molecule has 1 aromatic carbocycles. The van der Waals surface area contributed by atoms with Crippen LogP contribution in [0.2, 0.25) is 19.6 Å². The highest BCUT2D eigenvalue weighted by atomic mass is 28.3. The smallest absolute Gasteiger partial charge is 0.309 e. The van der Waals surface area contributed by atoms with Crippen LogP contribution in [0.25, 0.3) is 0 Å². The van der Waals surface area contributed by atoms with Gasteiger partial charge in [-0.2, -0.15) is 0 Å². The first-order valence-corrected chi connectivity index (χ1v) is 10.7. The topological polar surface area (TPSA) is 26.3 Å². The summed E-state index contributed by atoms with van der Waals surface area (Å²) in [5.74, 6) is 0.503. The van der Waals surface area contributed by atoms with Crippen molar-refractivity contribution in [3.05, 3.63) is 47.2 Å². The second-order valence-electron chi connectivity index (χ2n) is 6.79. The van der Waals surface area contributed by atoms with Gasteiger partial charge < -0.3 is 4.74 Å². The maximum absolute atomic E-state index is 11.9. The van der Waals surface area contributed by atoms with Gasteiger partial charge in [0, 0.05) is 5.92 Å². The lowest BCUT2D eigenvalue weighted by atomic mass is 10.1. The summed E-state index contributed by atoms with van der Waals surface area (Å²) in [5.41, 5.74) is 4.83. The van der Waals surface area contributed by atoms with Gasteiger partial charge in [-0.15, -0.1) is 0 Å². The van der Waals surface area contributed by atoms with Crippen LogP contribution in [-0.4, -0.2) is 21.2 Å². The molecule has 0 saturated heterocycles. The number of rotatable bonds is 4. The van der Waals surface area contributed by atoms with Crippen molar-refractivity contribution in [2.75, 3.05) is 7.11 Å². The van der Waals surface area contributed by atoms with E-state index < -0.39 is 8.07 Å². The van der Waals surface area contributed by atoms with E-state index in [9.17, 15) is 4.79 Å². The molecular formula is C17H24O2Si. The zero-order valence-electron chi connectivity index (χ0n) is 13.0. The van der Waals surface area contributed by atoms with Crippen LogP contribution in [0.1, 0.15) is 17.0 Å². The number of carbonyl (C=O) groups excluding carboxylic acids is 1. The molecule has 0 unspecified atom stereocenters. The van der Waals surface area contributed by atoms with E-state index in [4.69, 9.17) is 4.74 Å². The Labute approximate surface area is 122 Å². The minimum Gasteiger partial charge on any atom is -0.469 e. The van der Waals surface area contributed by atoms with Crippen LogP contribution < -0.4 is 0 Å². The number of esters is 1. The second-order valence-corrected chi connectivity index (χ2v) is 11.9. The van der Waals surface area contributed by atoms with Gasteiger partial charge >= 0.3 is 5.97 Å². The molecule has 0 aliphatic heterocycles. The molecule has 0 N–H and O–H groups in total. The Morgan fingerprint density at radius 1 is 1.20 bits per heavy atom. The van der Waals surface area contributed by atoms with Crippen molar-refractivity contribution >= 4 is 14.0 Å². The van der Waals surface area contributed by atoms with Crippen molar-refractivity contribution in [1.29, 1.82) is 0 Å². The van der Waals surface area contributed by atoms with Gasteiger partial charge in [0.1, 0.15) is 0 Å². The summed E-state index contributed by atoms with van der Waals surface area (Å²) in [6, 6.07) is 8.50. The second kappa shape index (κ2) is 5.56. The Morgan fingerprint density at radius 2 is 1.80 bits per heavy atom. The Kier molecular flexibility index (Phi) is 4.19. The molecule has 0 spiro atoms. The van der Waals surface area contributed by atoms with Gasteiger partial charge in [-0.1, -0.05) is 61.2 Å². The van der Waals surface area contributed by atoms with Crippen LogP contribution in [0.3, 0.4) is 0 Å². The van der Waals surface area contributed by atoms with Crippen LogP contribution in [-0.2, 0) is 9.53 Å². The molecule has 108 valence electrons. The molecule has 3 atom stereocenters. The maximum atomic E-state index is 11.9. The molecule has 20 heavy (non-hydrogen) atoms. The first-order chi connectivity index (χ1) is 9.33. The number of benzene rings is 1. The molecule has 2 nitrogen and oxygen atoms in total. The lowest BCUT2D eigenvalue weighted by Crippen LogP contribution is -2.15. The zero-order chi connectivity index (χ0) is 14.9. The van der Waals surface area contributed by atoms with Gasteiger partial charge in [-0.3, -0.25) is 4.79 Å². The van der Waals surface area contributed by atoms with Crippen molar-refractivity contribution in [2.45, 2.75) is 32.5 Å². The molecule has 3 heteroatoms. The highest BCUT2D eigenvalue weighted by Gasteiger charge is 2.54. The summed E-state index contributed by atoms with van der Waals surface area (Å²) in [5, 5.41) is 0. The highest BCUT2D eigenvalue weighted by Crippen LogP contribution is 2.55. The maximum Gasteiger partial charge on any atom is 0.309 e. The summed E-state index contributed by atoms with van der Waals surface area (Å²) in [6.45, 7) is 9.00. The standard InChI is InChI=1S/C17H24O2Si/c1-12-6-8-13(9-7-12)15-14(10-11-20(3,4)5)16(15)17(18)19-2/h6-11,14-16H,1-5H3/b11-10+/t14-,15-,16-/m1/s1. The number of carbonyl (C=O) groups is 1. The van der Waals surface area contributed by atoms with Crippen molar-refractivity contribution in [3.63, 3.8) is 0 Å². The molecule has 1 aromatic rings. The molecule has 1 aliphatic carbocycles. The number of aryl methyl sites for hydroxylation is 1.